The summed E-state index contributed by atoms with van der Waals surface area (Å²) in [4.78, 5) is 34.5. The molecule has 0 saturated carbocycles. The topological polar surface area (TPSA) is 128 Å². The molecule has 0 aliphatic heterocycles. The number of hydrogen-bond donors (Lipinski definition) is 2. The van der Waals surface area contributed by atoms with Crippen molar-refractivity contribution in [3.05, 3.63) is 73.0 Å². The summed E-state index contributed by atoms with van der Waals surface area (Å²) >= 11 is 3.30. The number of halogens is 1. The number of nitrogen functional groups attached to an aromatic ring is 1. The smallest absolute Gasteiger partial charge is 0.343 e. The Hall–Kier alpha value is -3.20. The largest absolute Gasteiger partial charge is 0.477 e. The van der Waals surface area contributed by atoms with Crippen molar-refractivity contribution in [2.24, 2.45) is 0 Å². The third-order valence-electron chi connectivity index (χ3n) is 3.71. The fourth-order valence-corrected chi connectivity index (χ4v) is 2.92. The van der Waals surface area contributed by atoms with Gasteiger partial charge in [-0.15, -0.1) is 0 Å². The van der Waals surface area contributed by atoms with Crippen molar-refractivity contribution in [3.63, 3.8) is 0 Å². The average Bonchev–Trinajstić information content (AvgIpc) is 2.54. The van der Waals surface area contributed by atoms with Gasteiger partial charge >= 0.3 is 5.97 Å². The third kappa shape index (κ3) is 2.74. The van der Waals surface area contributed by atoms with Crippen LogP contribution in [0, 0.1) is 10.1 Å². The Balaban J connectivity index is 2.44. The van der Waals surface area contributed by atoms with Crippen molar-refractivity contribution in [1.29, 1.82) is 0 Å². The van der Waals surface area contributed by atoms with E-state index in [-0.39, 0.29) is 11.4 Å². The molecule has 25 heavy (non-hydrogen) atoms. The van der Waals surface area contributed by atoms with Gasteiger partial charge in [-0.2, -0.15) is 0 Å². The van der Waals surface area contributed by atoms with Gasteiger partial charge in [0.15, 0.2) is 0 Å². The molecule has 2 aromatic carbocycles. The van der Waals surface area contributed by atoms with Crippen LogP contribution in [0.25, 0.3) is 16.6 Å². The van der Waals surface area contributed by atoms with E-state index in [1.807, 2.05) is 0 Å². The molecule has 0 bridgehead atoms. The summed E-state index contributed by atoms with van der Waals surface area (Å²) in [5.41, 5.74) is 4.93. The Labute approximate surface area is 148 Å². The maximum Gasteiger partial charge on any atom is 0.343 e. The van der Waals surface area contributed by atoms with E-state index in [0.717, 1.165) is 0 Å². The van der Waals surface area contributed by atoms with Crippen molar-refractivity contribution in [3.8, 4) is 5.69 Å². The number of benzene rings is 2. The Morgan fingerprint density at radius 1 is 1.20 bits per heavy atom. The molecule has 0 atom stereocenters. The lowest BCUT2D eigenvalue weighted by Crippen LogP contribution is -2.27. The minimum atomic E-state index is -1.44. The van der Waals surface area contributed by atoms with Crippen molar-refractivity contribution in [2.45, 2.75) is 0 Å². The average molecular weight is 404 g/mol. The van der Waals surface area contributed by atoms with Crippen molar-refractivity contribution < 1.29 is 14.8 Å². The van der Waals surface area contributed by atoms with Gasteiger partial charge in [-0.25, -0.2) is 4.79 Å². The fourth-order valence-electron chi connectivity index (χ4n) is 2.58. The first-order chi connectivity index (χ1) is 11.8. The predicted molar refractivity (Wildman–Crippen MR) is 95.3 cm³/mol. The zero-order valence-electron chi connectivity index (χ0n) is 12.5. The lowest BCUT2D eigenvalue weighted by atomic mass is 10.1. The van der Waals surface area contributed by atoms with Crippen molar-refractivity contribution in [1.82, 2.24) is 4.57 Å². The van der Waals surface area contributed by atoms with Gasteiger partial charge in [0.2, 0.25) is 0 Å². The molecule has 126 valence electrons. The summed E-state index contributed by atoms with van der Waals surface area (Å²) in [6.45, 7) is 0. The van der Waals surface area contributed by atoms with Crippen LogP contribution < -0.4 is 11.3 Å². The van der Waals surface area contributed by atoms with E-state index in [1.54, 1.807) is 18.2 Å². The molecule has 3 rings (SSSR count). The SMILES string of the molecule is Nc1c(C(=O)O)c(=O)n(-c2ccc([N+](=O)[O-])cc2)c2cc(Br)ccc12. The molecule has 0 unspecified atom stereocenters. The van der Waals surface area contributed by atoms with Crippen LogP contribution >= 0.6 is 15.9 Å². The van der Waals surface area contributed by atoms with Crippen molar-refractivity contribution >= 4 is 44.2 Å². The number of fused-ring (bicyclic) bond motifs is 1. The number of hydrogen-bond acceptors (Lipinski definition) is 5. The quantitative estimate of drug-likeness (QED) is 0.510. The number of nitrogens with zero attached hydrogens (tertiary/aromatic N) is 2. The van der Waals surface area contributed by atoms with Gasteiger partial charge in [-0.05, 0) is 30.3 Å². The van der Waals surface area contributed by atoms with E-state index < -0.39 is 22.0 Å². The molecule has 0 amide bonds. The van der Waals surface area contributed by atoms with Gasteiger partial charge < -0.3 is 10.8 Å². The number of carboxylic acid groups (broad SMARTS) is 1. The summed E-state index contributed by atoms with van der Waals surface area (Å²) in [7, 11) is 0. The van der Waals surface area contributed by atoms with Crippen LogP contribution in [0.4, 0.5) is 11.4 Å². The van der Waals surface area contributed by atoms with Gasteiger partial charge in [-0.1, -0.05) is 15.9 Å². The molecule has 0 aliphatic carbocycles. The number of carboxylic acids is 1. The lowest BCUT2D eigenvalue weighted by Gasteiger charge is -2.14. The normalized spacial score (nSPS) is 10.8. The molecule has 0 aliphatic rings. The van der Waals surface area contributed by atoms with E-state index in [9.17, 15) is 24.8 Å². The first-order valence-electron chi connectivity index (χ1n) is 6.93. The van der Waals surface area contributed by atoms with E-state index in [4.69, 9.17) is 5.73 Å². The van der Waals surface area contributed by atoms with Gasteiger partial charge in [0.05, 0.1) is 16.1 Å². The van der Waals surface area contributed by atoms with Gasteiger partial charge in [0, 0.05) is 27.7 Å². The summed E-state index contributed by atoms with van der Waals surface area (Å²) in [6.07, 6.45) is 0. The first-order valence-corrected chi connectivity index (χ1v) is 7.72. The molecule has 3 aromatic rings. The number of aromatic carboxylic acids is 1. The van der Waals surface area contributed by atoms with Crippen LogP contribution in [0.5, 0.6) is 0 Å². The molecular formula is C16H10BrN3O5. The number of nitro groups is 1. The molecule has 1 aromatic heterocycles. The van der Waals surface area contributed by atoms with E-state index in [0.29, 0.717) is 21.1 Å². The Bertz CT molecular complexity index is 1090. The number of nitrogens with two attached hydrogens (primary N) is 1. The minimum absolute atomic E-state index is 0.127. The number of pyridine rings is 1. The monoisotopic (exact) mass is 403 g/mol. The number of carbonyl (C=O) groups is 1. The van der Waals surface area contributed by atoms with Crippen LogP contribution in [0.2, 0.25) is 0 Å². The Morgan fingerprint density at radius 3 is 2.40 bits per heavy atom. The highest BCUT2D eigenvalue weighted by atomic mass is 79.9. The maximum atomic E-state index is 12.7. The molecule has 0 radical (unpaired) electrons. The van der Waals surface area contributed by atoms with Crippen LogP contribution in [-0.4, -0.2) is 20.6 Å². The van der Waals surface area contributed by atoms with E-state index >= 15 is 0 Å². The Kier molecular flexibility index (Phi) is 4.01. The number of aromatic nitrogens is 1. The second-order valence-electron chi connectivity index (χ2n) is 5.17. The summed E-state index contributed by atoms with van der Waals surface area (Å²) in [5, 5.41) is 20.5. The Morgan fingerprint density at radius 2 is 1.84 bits per heavy atom. The molecule has 0 spiro atoms. The maximum absolute atomic E-state index is 12.7. The van der Waals surface area contributed by atoms with Gasteiger partial charge in [0.1, 0.15) is 5.56 Å². The highest BCUT2D eigenvalue weighted by Gasteiger charge is 2.21. The highest BCUT2D eigenvalue weighted by Crippen LogP contribution is 2.28. The van der Waals surface area contributed by atoms with E-state index in [2.05, 4.69) is 15.9 Å². The summed E-state index contributed by atoms with van der Waals surface area (Å²) in [5.74, 6) is -1.44. The zero-order valence-corrected chi connectivity index (χ0v) is 14.1. The summed E-state index contributed by atoms with van der Waals surface area (Å²) in [6, 6.07) is 10.1. The van der Waals surface area contributed by atoms with Crippen LogP contribution in [0.15, 0.2) is 51.7 Å². The number of nitro benzene ring substituents is 1. The second-order valence-corrected chi connectivity index (χ2v) is 6.09. The molecule has 0 fully saturated rings. The predicted octanol–water partition coefficient (Wildman–Crippen LogP) is 2.94. The third-order valence-corrected chi connectivity index (χ3v) is 4.20. The van der Waals surface area contributed by atoms with E-state index in [1.165, 1.54) is 28.8 Å². The fraction of sp³-hybridized carbons (Fsp3) is 0. The first kappa shape index (κ1) is 16.7. The van der Waals surface area contributed by atoms with Crippen LogP contribution in [0.3, 0.4) is 0 Å². The number of non-ortho nitro benzene ring substituents is 1. The molecule has 0 saturated heterocycles. The molecule has 1 heterocycles. The van der Waals surface area contributed by atoms with Gasteiger partial charge in [-0.3, -0.25) is 19.5 Å². The number of anilines is 1. The molecular weight excluding hydrogens is 394 g/mol. The molecule has 9 heteroatoms. The highest BCUT2D eigenvalue weighted by molar-refractivity contribution is 9.10. The van der Waals surface area contributed by atoms with Crippen LogP contribution in [-0.2, 0) is 0 Å². The summed E-state index contributed by atoms with van der Waals surface area (Å²) < 4.78 is 1.83. The second kappa shape index (κ2) is 6.02. The zero-order chi connectivity index (χ0) is 18.3. The molecule has 3 N–H and O–H groups in total. The number of rotatable bonds is 3. The van der Waals surface area contributed by atoms with Gasteiger partial charge in [0.25, 0.3) is 11.2 Å². The molecule has 8 nitrogen and oxygen atoms in total. The van der Waals surface area contributed by atoms with Crippen molar-refractivity contribution in [2.75, 3.05) is 5.73 Å². The minimum Gasteiger partial charge on any atom is -0.477 e. The lowest BCUT2D eigenvalue weighted by molar-refractivity contribution is -0.384. The standard InChI is InChI=1S/C16H10BrN3O5/c17-8-1-6-11-12(7-8)19(15(21)13(14(11)18)16(22)23)9-2-4-10(5-3-9)20(24)25/h1-7H,18H2,(H,22,23). The van der Waals surface area contributed by atoms with Crippen LogP contribution in [0.1, 0.15) is 10.4 Å².